The average Bonchev–Trinajstić information content (AvgIpc) is 2.96. The summed E-state index contributed by atoms with van der Waals surface area (Å²) in [5.74, 6) is -0.343. The number of benzene rings is 2. The van der Waals surface area contributed by atoms with E-state index in [1.54, 1.807) is 6.20 Å². The summed E-state index contributed by atoms with van der Waals surface area (Å²) in [5.41, 5.74) is 2.28. The second-order valence-electron chi connectivity index (χ2n) is 6.39. The molecule has 1 aromatic heterocycles. The third-order valence-corrected chi connectivity index (χ3v) is 4.65. The van der Waals surface area contributed by atoms with Crippen molar-refractivity contribution in [3.8, 4) is 11.1 Å². The molecule has 132 valence electrons. The zero-order valence-electron chi connectivity index (χ0n) is 14.3. The molecule has 0 saturated carbocycles. The quantitative estimate of drug-likeness (QED) is 0.704. The van der Waals surface area contributed by atoms with Crippen LogP contribution in [0.4, 0.5) is 4.39 Å². The first-order chi connectivity index (χ1) is 12.7. The maximum Gasteiger partial charge on any atom is 0.253 e. The molecule has 0 spiro atoms. The molecule has 1 aliphatic heterocycles. The van der Waals surface area contributed by atoms with Crippen molar-refractivity contribution in [3.05, 3.63) is 66.2 Å². The van der Waals surface area contributed by atoms with Crippen LogP contribution in [-0.2, 0) is 4.74 Å². The number of amides is 1. The van der Waals surface area contributed by atoms with Gasteiger partial charge in [0, 0.05) is 37.0 Å². The van der Waals surface area contributed by atoms with Crippen molar-refractivity contribution >= 4 is 16.7 Å². The van der Waals surface area contributed by atoms with Crippen LogP contribution in [0.2, 0.25) is 0 Å². The fourth-order valence-corrected chi connectivity index (χ4v) is 3.36. The number of fused-ring (bicyclic) bond motifs is 1. The van der Waals surface area contributed by atoms with Gasteiger partial charge >= 0.3 is 0 Å². The van der Waals surface area contributed by atoms with Crippen molar-refractivity contribution in [1.82, 2.24) is 9.88 Å². The van der Waals surface area contributed by atoms with Gasteiger partial charge < -0.3 is 9.64 Å². The number of nitrogens with zero attached hydrogens (tertiary/aromatic N) is 2. The van der Waals surface area contributed by atoms with E-state index in [4.69, 9.17) is 4.74 Å². The van der Waals surface area contributed by atoms with E-state index in [9.17, 15) is 9.18 Å². The van der Waals surface area contributed by atoms with Crippen LogP contribution in [-0.4, -0.2) is 42.1 Å². The number of ether oxygens (including phenoxy) is 1. The largest absolute Gasteiger partial charge is 0.380 e. The molecule has 0 aliphatic carbocycles. The molecule has 0 unspecified atom stereocenters. The molecule has 1 saturated heterocycles. The second kappa shape index (κ2) is 7.22. The van der Waals surface area contributed by atoms with E-state index in [0.29, 0.717) is 31.9 Å². The molecule has 1 aliphatic rings. The molecule has 4 nitrogen and oxygen atoms in total. The molecule has 2 aromatic carbocycles. The Balaban J connectivity index is 1.71. The highest BCUT2D eigenvalue weighted by Gasteiger charge is 2.18. The van der Waals surface area contributed by atoms with Crippen LogP contribution in [0.15, 0.2) is 54.9 Å². The molecule has 0 atom stereocenters. The fraction of sp³-hybridized carbons (Fsp3) is 0.238. The minimum Gasteiger partial charge on any atom is -0.380 e. The van der Waals surface area contributed by atoms with Crippen LogP contribution in [0, 0.1) is 5.82 Å². The minimum absolute atomic E-state index is 0.0234. The first kappa shape index (κ1) is 16.7. The number of halogens is 1. The van der Waals surface area contributed by atoms with Gasteiger partial charge in [0.25, 0.3) is 5.91 Å². The van der Waals surface area contributed by atoms with Crippen molar-refractivity contribution in [2.75, 3.05) is 26.3 Å². The number of pyridine rings is 1. The predicted molar refractivity (Wildman–Crippen MR) is 98.5 cm³/mol. The van der Waals surface area contributed by atoms with E-state index in [2.05, 4.69) is 4.98 Å². The summed E-state index contributed by atoms with van der Waals surface area (Å²) in [5, 5.41) is 1.92. The van der Waals surface area contributed by atoms with E-state index in [-0.39, 0.29) is 11.7 Å². The number of hydrogen-bond donors (Lipinski definition) is 0. The molecule has 0 radical (unpaired) electrons. The van der Waals surface area contributed by atoms with Crippen molar-refractivity contribution < 1.29 is 13.9 Å². The van der Waals surface area contributed by atoms with E-state index in [0.717, 1.165) is 28.3 Å². The molecule has 3 aromatic rings. The van der Waals surface area contributed by atoms with Crippen molar-refractivity contribution in [3.63, 3.8) is 0 Å². The Morgan fingerprint density at radius 2 is 2.00 bits per heavy atom. The van der Waals surface area contributed by atoms with E-state index in [1.807, 2.05) is 41.3 Å². The summed E-state index contributed by atoms with van der Waals surface area (Å²) < 4.78 is 19.0. The Labute approximate surface area is 151 Å². The summed E-state index contributed by atoms with van der Waals surface area (Å²) in [6.07, 6.45) is 3.69. The molecule has 5 heteroatoms. The van der Waals surface area contributed by atoms with Gasteiger partial charge in [-0.2, -0.15) is 0 Å². The van der Waals surface area contributed by atoms with E-state index in [1.165, 1.54) is 12.3 Å². The topological polar surface area (TPSA) is 42.4 Å². The zero-order chi connectivity index (χ0) is 17.9. The van der Waals surface area contributed by atoms with Crippen LogP contribution in [0.25, 0.3) is 21.9 Å². The van der Waals surface area contributed by atoms with Gasteiger partial charge in [-0.25, -0.2) is 4.39 Å². The second-order valence-corrected chi connectivity index (χ2v) is 6.39. The summed E-state index contributed by atoms with van der Waals surface area (Å²) in [6.45, 7) is 2.61. The van der Waals surface area contributed by atoms with Crippen molar-refractivity contribution in [2.45, 2.75) is 6.42 Å². The molecule has 2 heterocycles. The third kappa shape index (κ3) is 3.30. The molecule has 1 amide bonds. The highest BCUT2D eigenvalue weighted by atomic mass is 19.1. The van der Waals surface area contributed by atoms with Gasteiger partial charge in [-0.15, -0.1) is 0 Å². The van der Waals surface area contributed by atoms with Gasteiger partial charge in [0.1, 0.15) is 5.82 Å². The first-order valence-corrected chi connectivity index (χ1v) is 8.73. The van der Waals surface area contributed by atoms with Crippen LogP contribution >= 0.6 is 0 Å². The van der Waals surface area contributed by atoms with Gasteiger partial charge in [-0.3, -0.25) is 9.78 Å². The van der Waals surface area contributed by atoms with E-state index >= 15 is 0 Å². The van der Waals surface area contributed by atoms with Crippen LogP contribution in [0.5, 0.6) is 0 Å². The summed E-state index contributed by atoms with van der Waals surface area (Å²) in [7, 11) is 0. The number of carbonyl (C=O) groups is 1. The lowest BCUT2D eigenvalue weighted by Gasteiger charge is -2.20. The molecule has 0 N–H and O–H groups in total. The van der Waals surface area contributed by atoms with Crippen molar-refractivity contribution in [2.24, 2.45) is 0 Å². The Hall–Kier alpha value is -2.79. The lowest BCUT2D eigenvalue weighted by molar-refractivity contribution is 0.0741. The van der Waals surface area contributed by atoms with Gasteiger partial charge in [-0.05, 0) is 41.0 Å². The number of hydrogen-bond acceptors (Lipinski definition) is 3. The standard InChI is InChI=1S/C21H19FN2O2/c22-18-12-17(13-23-14-18)19-4-1-3-15-11-16(5-6-20(15)19)21(25)24-7-2-9-26-10-8-24/h1,3-6,11-14H,2,7-10H2. The Morgan fingerprint density at radius 3 is 2.88 bits per heavy atom. The molecule has 1 fully saturated rings. The monoisotopic (exact) mass is 350 g/mol. The maximum atomic E-state index is 13.5. The maximum absolute atomic E-state index is 13.5. The average molecular weight is 350 g/mol. The predicted octanol–water partition coefficient (Wildman–Crippen LogP) is 3.90. The van der Waals surface area contributed by atoms with E-state index < -0.39 is 0 Å². The van der Waals surface area contributed by atoms with Crippen LogP contribution in [0.1, 0.15) is 16.8 Å². The minimum atomic E-state index is -0.366. The molecular weight excluding hydrogens is 331 g/mol. The van der Waals surface area contributed by atoms with Crippen LogP contribution < -0.4 is 0 Å². The third-order valence-electron chi connectivity index (χ3n) is 4.65. The van der Waals surface area contributed by atoms with Crippen molar-refractivity contribution in [1.29, 1.82) is 0 Å². The Kier molecular flexibility index (Phi) is 4.63. The summed E-state index contributed by atoms with van der Waals surface area (Å²) >= 11 is 0. The summed E-state index contributed by atoms with van der Waals surface area (Å²) in [6, 6.07) is 13.0. The van der Waals surface area contributed by atoms with Gasteiger partial charge in [0.2, 0.25) is 0 Å². The highest BCUT2D eigenvalue weighted by Crippen LogP contribution is 2.29. The molecule has 0 bridgehead atoms. The van der Waals surface area contributed by atoms with Gasteiger partial charge in [0.15, 0.2) is 0 Å². The van der Waals surface area contributed by atoms with Crippen LogP contribution in [0.3, 0.4) is 0 Å². The van der Waals surface area contributed by atoms with Gasteiger partial charge in [0.05, 0.1) is 12.8 Å². The Morgan fingerprint density at radius 1 is 1.08 bits per heavy atom. The normalized spacial score (nSPS) is 15.0. The van der Waals surface area contributed by atoms with Gasteiger partial charge in [-0.1, -0.05) is 24.3 Å². The highest BCUT2D eigenvalue weighted by molar-refractivity contribution is 6.02. The molecule has 4 rings (SSSR count). The SMILES string of the molecule is O=C(c1ccc2c(-c3cncc(F)c3)cccc2c1)N1CCCOCC1. The smallest absolute Gasteiger partial charge is 0.253 e. The first-order valence-electron chi connectivity index (χ1n) is 8.73. The molecule has 26 heavy (non-hydrogen) atoms. The number of carbonyl (C=O) groups excluding carboxylic acids is 1. The molecular formula is C21H19FN2O2. The lowest BCUT2D eigenvalue weighted by Crippen LogP contribution is -2.33. The number of aromatic nitrogens is 1. The summed E-state index contributed by atoms with van der Waals surface area (Å²) in [4.78, 5) is 18.6. The fourth-order valence-electron chi connectivity index (χ4n) is 3.36. The Bertz CT molecular complexity index is 950. The number of rotatable bonds is 2. The zero-order valence-corrected chi connectivity index (χ0v) is 14.3. The lowest BCUT2D eigenvalue weighted by atomic mass is 9.97.